The molecule has 0 fully saturated rings. The van der Waals surface area contributed by atoms with Gasteiger partial charge >= 0.3 is 5.97 Å². The number of aryl methyl sites for hydroxylation is 1. The lowest BCUT2D eigenvalue weighted by atomic mass is 10.1. The number of hydrogen-bond acceptors (Lipinski definition) is 3. The van der Waals surface area contributed by atoms with Crippen molar-refractivity contribution in [3.8, 4) is 0 Å². The molecule has 0 bridgehead atoms. The zero-order chi connectivity index (χ0) is 10.7. The SMILES string of the molecule is COC(=O)[C@H](N)c1ccc(C)c(F)c1. The van der Waals surface area contributed by atoms with Gasteiger partial charge in [-0.15, -0.1) is 0 Å². The van der Waals surface area contributed by atoms with Crippen molar-refractivity contribution in [2.75, 3.05) is 7.11 Å². The van der Waals surface area contributed by atoms with E-state index < -0.39 is 12.0 Å². The monoisotopic (exact) mass is 197 g/mol. The molecule has 0 amide bonds. The molecule has 3 nitrogen and oxygen atoms in total. The first-order chi connectivity index (χ1) is 6.56. The molecular formula is C10H12FNO2. The van der Waals surface area contributed by atoms with Crippen LogP contribution in [0.3, 0.4) is 0 Å². The highest BCUT2D eigenvalue weighted by Gasteiger charge is 2.16. The maximum atomic E-state index is 13.1. The Morgan fingerprint density at radius 1 is 1.57 bits per heavy atom. The summed E-state index contributed by atoms with van der Waals surface area (Å²) in [5.41, 5.74) is 6.46. The van der Waals surface area contributed by atoms with Crippen LogP contribution in [0.4, 0.5) is 4.39 Å². The summed E-state index contributed by atoms with van der Waals surface area (Å²) in [4.78, 5) is 11.0. The highest BCUT2D eigenvalue weighted by atomic mass is 19.1. The Bertz CT molecular complexity index is 352. The van der Waals surface area contributed by atoms with Crippen molar-refractivity contribution in [1.29, 1.82) is 0 Å². The summed E-state index contributed by atoms with van der Waals surface area (Å²) < 4.78 is 17.5. The number of hydrogen-bond donors (Lipinski definition) is 1. The smallest absolute Gasteiger partial charge is 0.327 e. The molecule has 0 unspecified atom stereocenters. The Balaban J connectivity index is 2.96. The van der Waals surface area contributed by atoms with Gasteiger partial charge in [0.1, 0.15) is 11.9 Å². The normalized spacial score (nSPS) is 12.3. The number of methoxy groups -OCH3 is 1. The average molecular weight is 197 g/mol. The Morgan fingerprint density at radius 3 is 2.71 bits per heavy atom. The molecule has 1 rings (SSSR count). The van der Waals surface area contributed by atoms with Crippen molar-refractivity contribution >= 4 is 5.97 Å². The topological polar surface area (TPSA) is 52.3 Å². The van der Waals surface area contributed by atoms with Crippen LogP contribution in [-0.4, -0.2) is 13.1 Å². The second-order valence-electron chi connectivity index (χ2n) is 3.01. The fourth-order valence-corrected chi connectivity index (χ4v) is 1.07. The maximum absolute atomic E-state index is 13.1. The lowest BCUT2D eigenvalue weighted by Gasteiger charge is -2.09. The highest BCUT2D eigenvalue weighted by molar-refractivity contribution is 5.77. The number of benzene rings is 1. The van der Waals surface area contributed by atoms with Crippen LogP contribution >= 0.6 is 0 Å². The molecule has 0 aromatic heterocycles. The quantitative estimate of drug-likeness (QED) is 0.727. The second kappa shape index (κ2) is 4.19. The Labute approximate surface area is 81.7 Å². The summed E-state index contributed by atoms with van der Waals surface area (Å²) in [6.45, 7) is 1.64. The summed E-state index contributed by atoms with van der Waals surface area (Å²) >= 11 is 0. The van der Waals surface area contributed by atoms with E-state index in [-0.39, 0.29) is 5.82 Å². The van der Waals surface area contributed by atoms with E-state index >= 15 is 0 Å². The summed E-state index contributed by atoms with van der Waals surface area (Å²) in [5, 5.41) is 0. The minimum Gasteiger partial charge on any atom is -0.468 e. The van der Waals surface area contributed by atoms with Crippen LogP contribution in [0.5, 0.6) is 0 Å². The molecule has 0 spiro atoms. The molecule has 4 heteroatoms. The van der Waals surface area contributed by atoms with E-state index in [9.17, 15) is 9.18 Å². The Kier molecular flexibility index (Phi) is 3.19. The molecule has 14 heavy (non-hydrogen) atoms. The van der Waals surface area contributed by atoms with Crippen LogP contribution in [0.1, 0.15) is 17.2 Å². The molecule has 0 heterocycles. The van der Waals surface area contributed by atoms with Crippen molar-refractivity contribution in [2.45, 2.75) is 13.0 Å². The number of carbonyl (C=O) groups excluding carboxylic acids is 1. The van der Waals surface area contributed by atoms with Gasteiger partial charge in [-0.3, -0.25) is 4.79 Å². The third-order valence-electron chi connectivity index (χ3n) is 2.01. The van der Waals surface area contributed by atoms with Crippen molar-refractivity contribution < 1.29 is 13.9 Å². The van der Waals surface area contributed by atoms with Crippen LogP contribution < -0.4 is 5.73 Å². The van der Waals surface area contributed by atoms with Gasteiger partial charge in [0.15, 0.2) is 0 Å². The van der Waals surface area contributed by atoms with Gasteiger partial charge in [-0.25, -0.2) is 4.39 Å². The van der Waals surface area contributed by atoms with Gasteiger partial charge in [-0.05, 0) is 24.1 Å². The van der Waals surface area contributed by atoms with Gasteiger partial charge < -0.3 is 10.5 Å². The van der Waals surface area contributed by atoms with E-state index in [1.54, 1.807) is 19.1 Å². The van der Waals surface area contributed by atoms with Crippen LogP contribution in [-0.2, 0) is 9.53 Å². The number of rotatable bonds is 2. The van der Waals surface area contributed by atoms with Gasteiger partial charge in [-0.1, -0.05) is 12.1 Å². The highest BCUT2D eigenvalue weighted by Crippen LogP contribution is 2.15. The van der Waals surface area contributed by atoms with Crippen molar-refractivity contribution in [3.05, 3.63) is 35.1 Å². The standard InChI is InChI=1S/C10H12FNO2/c1-6-3-4-7(5-8(6)11)9(12)10(13)14-2/h3-5,9H,12H2,1-2H3/t9-/m1/s1. The van der Waals surface area contributed by atoms with E-state index in [4.69, 9.17) is 5.73 Å². The van der Waals surface area contributed by atoms with Crippen LogP contribution in [0.2, 0.25) is 0 Å². The summed E-state index contributed by atoms with van der Waals surface area (Å²) in [6.07, 6.45) is 0. The van der Waals surface area contributed by atoms with Gasteiger partial charge in [-0.2, -0.15) is 0 Å². The van der Waals surface area contributed by atoms with Crippen molar-refractivity contribution in [2.24, 2.45) is 5.73 Å². The molecule has 1 aromatic carbocycles. The van der Waals surface area contributed by atoms with E-state index in [1.807, 2.05) is 0 Å². The fourth-order valence-electron chi connectivity index (χ4n) is 1.07. The number of nitrogens with two attached hydrogens (primary N) is 1. The summed E-state index contributed by atoms with van der Waals surface area (Å²) in [6, 6.07) is 3.51. The molecule has 1 atom stereocenters. The predicted molar refractivity (Wildman–Crippen MR) is 50.1 cm³/mol. The second-order valence-corrected chi connectivity index (χ2v) is 3.01. The van der Waals surface area contributed by atoms with Crippen LogP contribution in [0.15, 0.2) is 18.2 Å². The zero-order valence-electron chi connectivity index (χ0n) is 8.08. The molecule has 0 saturated heterocycles. The van der Waals surface area contributed by atoms with Crippen molar-refractivity contribution in [1.82, 2.24) is 0 Å². The lowest BCUT2D eigenvalue weighted by Crippen LogP contribution is -2.22. The molecule has 76 valence electrons. The molecule has 0 radical (unpaired) electrons. The average Bonchev–Trinajstić information content (AvgIpc) is 2.20. The molecule has 2 N–H and O–H groups in total. The number of ether oxygens (including phenoxy) is 1. The largest absolute Gasteiger partial charge is 0.468 e. The van der Waals surface area contributed by atoms with E-state index in [0.29, 0.717) is 11.1 Å². The van der Waals surface area contributed by atoms with Gasteiger partial charge in [0, 0.05) is 0 Å². The third kappa shape index (κ3) is 2.09. The van der Waals surface area contributed by atoms with E-state index in [2.05, 4.69) is 4.74 Å². The predicted octanol–water partition coefficient (Wildman–Crippen LogP) is 1.31. The summed E-state index contributed by atoms with van der Waals surface area (Å²) in [7, 11) is 1.24. The van der Waals surface area contributed by atoms with Gasteiger partial charge in [0.05, 0.1) is 7.11 Å². The minimum atomic E-state index is -0.921. The minimum absolute atomic E-state index is 0.373. The maximum Gasteiger partial charge on any atom is 0.327 e. The third-order valence-corrected chi connectivity index (χ3v) is 2.01. The molecule has 0 saturated carbocycles. The van der Waals surface area contributed by atoms with E-state index in [1.165, 1.54) is 13.2 Å². The first kappa shape index (κ1) is 10.7. The van der Waals surface area contributed by atoms with Gasteiger partial charge in [0.25, 0.3) is 0 Å². The van der Waals surface area contributed by atoms with Crippen LogP contribution in [0.25, 0.3) is 0 Å². The van der Waals surface area contributed by atoms with Crippen LogP contribution in [0, 0.1) is 12.7 Å². The number of esters is 1. The lowest BCUT2D eigenvalue weighted by molar-refractivity contribution is -0.142. The Morgan fingerprint density at radius 2 is 2.21 bits per heavy atom. The van der Waals surface area contributed by atoms with Gasteiger partial charge in [0.2, 0.25) is 0 Å². The first-order valence-electron chi connectivity index (χ1n) is 4.15. The Hall–Kier alpha value is -1.42. The number of halogens is 1. The zero-order valence-corrected chi connectivity index (χ0v) is 8.08. The number of carbonyl (C=O) groups is 1. The molecule has 0 aliphatic heterocycles. The van der Waals surface area contributed by atoms with Crippen molar-refractivity contribution in [3.63, 3.8) is 0 Å². The molecule has 1 aromatic rings. The molecule has 0 aliphatic rings. The summed E-state index contributed by atoms with van der Waals surface area (Å²) in [5.74, 6) is -0.949. The molecule has 0 aliphatic carbocycles. The van der Waals surface area contributed by atoms with E-state index in [0.717, 1.165) is 0 Å². The molecular weight excluding hydrogens is 185 g/mol. The first-order valence-corrected chi connectivity index (χ1v) is 4.15. The fraction of sp³-hybridized carbons (Fsp3) is 0.300.